The first-order valence-corrected chi connectivity index (χ1v) is 6.58. The van der Waals surface area contributed by atoms with Crippen molar-refractivity contribution in [2.24, 2.45) is 0 Å². The molecule has 0 amide bonds. The standard InChI is InChI=1S/C15H14N4O2/c1-2-12-18-13(20)8-14(19-12)21-11-6-5-10(16)15-9(11)4-3-7-17-15/h3-8H,2,16H2,1H3,(H,18,19,20). The molecule has 6 heteroatoms. The zero-order chi connectivity index (χ0) is 14.8. The number of aryl methyl sites for hydroxylation is 1. The first-order chi connectivity index (χ1) is 10.2. The highest BCUT2D eigenvalue weighted by Crippen LogP contribution is 2.30. The van der Waals surface area contributed by atoms with Gasteiger partial charge < -0.3 is 15.5 Å². The maximum Gasteiger partial charge on any atom is 0.254 e. The van der Waals surface area contributed by atoms with Crippen LogP contribution >= 0.6 is 0 Å². The van der Waals surface area contributed by atoms with E-state index in [2.05, 4.69) is 15.0 Å². The van der Waals surface area contributed by atoms with Crippen LogP contribution in [0.2, 0.25) is 0 Å². The number of aromatic nitrogens is 3. The van der Waals surface area contributed by atoms with Gasteiger partial charge in [-0.2, -0.15) is 4.98 Å². The Morgan fingerprint density at radius 2 is 2.19 bits per heavy atom. The number of ether oxygens (including phenoxy) is 1. The van der Waals surface area contributed by atoms with Gasteiger partial charge in [0.25, 0.3) is 5.56 Å². The van der Waals surface area contributed by atoms with Crippen molar-refractivity contribution in [2.45, 2.75) is 13.3 Å². The van der Waals surface area contributed by atoms with Crippen LogP contribution in [-0.2, 0) is 6.42 Å². The Bertz CT molecular complexity index is 858. The molecule has 0 radical (unpaired) electrons. The smallest absolute Gasteiger partial charge is 0.254 e. The third kappa shape index (κ3) is 2.55. The summed E-state index contributed by atoms with van der Waals surface area (Å²) in [7, 11) is 0. The lowest BCUT2D eigenvalue weighted by Gasteiger charge is -2.09. The van der Waals surface area contributed by atoms with Gasteiger partial charge in [-0.15, -0.1) is 0 Å². The molecule has 106 valence electrons. The van der Waals surface area contributed by atoms with Gasteiger partial charge in [-0.3, -0.25) is 9.78 Å². The predicted octanol–water partition coefficient (Wildman–Crippen LogP) is 2.25. The van der Waals surface area contributed by atoms with Crippen LogP contribution in [0.3, 0.4) is 0 Å². The van der Waals surface area contributed by atoms with E-state index in [4.69, 9.17) is 10.5 Å². The van der Waals surface area contributed by atoms with Crippen molar-refractivity contribution in [2.75, 3.05) is 5.73 Å². The Hall–Kier alpha value is -2.89. The first-order valence-electron chi connectivity index (χ1n) is 6.58. The number of nitrogens with zero attached hydrogens (tertiary/aromatic N) is 2. The summed E-state index contributed by atoms with van der Waals surface area (Å²) in [5.41, 5.74) is 6.90. The molecule has 0 saturated heterocycles. The van der Waals surface area contributed by atoms with Gasteiger partial charge in [0.15, 0.2) is 0 Å². The Labute approximate surface area is 120 Å². The van der Waals surface area contributed by atoms with E-state index in [1.54, 1.807) is 24.4 Å². The Morgan fingerprint density at radius 3 is 3.00 bits per heavy atom. The van der Waals surface area contributed by atoms with Gasteiger partial charge in [0, 0.05) is 18.0 Å². The second-order valence-electron chi connectivity index (χ2n) is 4.54. The van der Waals surface area contributed by atoms with Crippen molar-refractivity contribution in [1.82, 2.24) is 15.0 Å². The van der Waals surface area contributed by atoms with E-state index in [9.17, 15) is 4.79 Å². The molecule has 6 nitrogen and oxygen atoms in total. The number of hydrogen-bond acceptors (Lipinski definition) is 5. The highest BCUT2D eigenvalue weighted by atomic mass is 16.5. The third-order valence-corrected chi connectivity index (χ3v) is 3.08. The zero-order valence-electron chi connectivity index (χ0n) is 11.5. The topological polar surface area (TPSA) is 93.9 Å². The van der Waals surface area contributed by atoms with E-state index in [1.165, 1.54) is 6.07 Å². The average molecular weight is 282 g/mol. The number of nitrogens with one attached hydrogen (secondary N) is 1. The van der Waals surface area contributed by atoms with Gasteiger partial charge in [0.1, 0.15) is 11.6 Å². The van der Waals surface area contributed by atoms with Crippen LogP contribution in [0.1, 0.15) is 12.7 Å². The van der Waals surface area contributed by atoms with E-state index in [0.717, 1.165) is 5.39 Å². The highest BCUT2D eigenvalue weighted by molar-refractivity contribution is 5.93. The fourth-order valence-corrected chi connectivity index (χ4v) is 2.07. The lowest BCUT2D eigenvalue weighted by atomic mass is 10.2. The molecule has 0 unspecified atom stereocenters. The minimum absolute atomic E-state index is 0.241. The lowest BCUT2D eigenvalue weighted by molar-refractivity contribution is 0.463. The van der Waals surface area contributed by atoms with E-state index in [-0.39, 0.29) is 11.4 Å². The molecule has 1 aromatic carbocycles. The number of pyridine rings is 1. The number of benzene rings is 1. The fraction of sp³-hybridized carbons (Fsp3) is 0.133. The van der Waals surface area contributed by atoms with Crippen LogP contribution in [0.25, 0.3) is 10.9 Å². The maximum atomic E-state index is 11.6. The second-order valence-corrected chi connectivity index (χ2v) is 4.54. The summed E-state index contributed by atoms with van der Waals surface area (Å²) in [6.07, 6.45) is 2.29. The van der Waals surface area contributed by atoms with Gasteiger partial charge >= 0.3 is 0 Å². The summed E-state index contributed by atoms with van der Waals surface area (Å²) in [6, 6.07) is 8.45. The first kappa shape index (κ1) is 13.1. The van der Waals surface area contributed by atoms with Gasteiger partial charge in [-0.25, -0.2) is 0 Å². The summed E-state index contributed by atoms with van der Waals surface area (Å²) in [4.78, 5) is 22.7. The van der Waals surface area contributed by atoms with Crippen molar-refractivity contribution in [3.63, 3.8) is 0 Å². The maximum absolute atomic E-state index is 11.6. The monoisotopic (exact) mass is 282 g/mol. The van der Waals surface area contributed by atoms with Crippen LogP contribution in [-0.4, -0.2) is 15.0 Å². The molecular formula is C15H14N4O2. The molecule has 2 heterocycles. The zero-order valence-corrected chi connectivity index (χ0v) is 11.5. The molecule has 3 aromatic rings. The molecule has 0 aliphatic rings. The van der Waals surface area contributed by atoms with Crippen LogP contribution in [0.5, 0.6) is 11.6 Å². The quantitative estimate of drug-likeness (QED) is 0.718. The van der Waals surface area contributed by atoms with Gasteiger partial charge in [-0.1, -0.05) is 6.92 Å². The molecule has 3 N–H and O–H groups in total. The minimum atomic E-state index is -0.241. The fourth-order valence-electron chi connectivity index (χ4n) is 2.07. The molecule has 0 aliphatic carbocycles. The van der Waals surface area contributed by atoms with Gasteiger partial charge in [0.2, 0.25) is 5.88 Å². The Morgan fingerprint density at radius 1 is 1.33 bits per heavy atom. The number of H-pyrrole nitrogens is 1. The molecule has 3 rings (SSSR count). The molecule has 0 spiro atoms. The SMILES string of the molecule is CCc1nc(Oc2ccc(N)c3ncccc23)cc(=O)[nH]1. The third-order valence-electron chi connectivity index (χ3n) is 3.08. The number of anilines is 1. The molecule has 21 heavy (non-hydrogen) atoms. The van der Waals surface area contributed by atoms with Crippen LogP contribution < -0.4 is 16.0 Å². The van der Waals surface area contributed by atoms with Crippen molar-refractivity contribution in [1.29, 1.82) is 0 Å². The molecule has 0 aliphatic heterocycles. The van der Waals surface area contributed by atoms with Crippen molar-refractivity contribution in [3.05, 3.63) is 52.7 Å². The minimum Gasteiger partial charge on any atom is -0.438 e. The molecule has 2 aromatic heterocycles. The molecule has 0 atom stereocenters. The number of aromatic amines is 1. The Balaban J connectivity index is 2.08. The second kappa shape index (κ2) is 5.24. The summed E-state index contributed by atoms with van der Waals surface area (Å²) in [6.45, 7) is 1.91. The van der Waals surface area contributed by atoms with Crippen LogP contribution in [0, 0.1) is 0 Å². The normalized spacial score (nSPS) is 10.7. The van der Waals surface area contributed by atoms with Crippen LogP contribution in [0.15, 0.2) is 41.3 Å². The number of hydrogen-bond donors (Lipinski definition) is 2. The van der Waals surface area contributed by atoms with Gasteiger partial charge in [-0.05, 0) is 24.3 Å². The molecule has 0 fully saturated rings. The van der Waals surface area contributed by atoms with Crippen molar-refractivity contribution >= 4 is 16.6 Å². The number of nitrogen functional groups attached to an aromatic ring is 1. The lowest BCUT2D eigenvalue weighted by Crippen LogP contribution is -2.10. The summed E-state index contributed by atoms with van der Waals surface area (Å²) >= 11 is 0. The largest absolute Gasteiger partial charge is 0.438 e. The van der Waals surface area contributed by atoms with E-state index >= 15 is 0 Å². The number of rotatable bonds is 3. The number of nitrogens with two attached hydrogens (primary N) is 1. The molecule has 0 saturated carbocycles. The van der Waals surface area contributed by atoms with Crippen molar-refractivity contribution in [3.8, 4) is 11.6 Å². The van der Waals surface area contributed by atoms with Crippen molar-refractivity contribution < 1.29 is 4.74 Å². The van der Waals surface area contributed by atoms with Gasteiger partial charge in [0.05, 0.1) is 17.3 Å². The Kier molecular flexibility index (Phi) is 3.27. The summed E-state index contributed by atoms with van der Waals surface area (Å²) in [5, 5.41) is 0.776. The predicted molar refractivity (Wildman–Crippen MR) is 80.5 cm³/mol. The summed E-state index contributed by atoms with van der Waals surface area (Å²) in [5.74, 6) is 1.40. The highest BCUT2D eigenvalue weighted by Gasteiger charge is 2.08. The van der Waals surface area contributed by atoms with Crippen LogP contribution in [0.4, 0.5) is 5.69 Å². The number of fused-ring (bicyclic) bond motifs is 1. The average Bonchev–Trinajstić information content (AvgIpc) is 2.50. The van der Waals surface area contributed by atoms with E-state index in [0.29, 0.717) is 29.2 Å². The summed E-state index contributed by atoms with van der Waals surface area (Å²) < 4.78 is 5.74. The van der Waals surface area contributed by atoms with E-state index in [1.807, 2.05) is 13.0 Å². The van der Waals surface area contributed by atoms with E-state index < -0.39 is 0 Å². The molecular weight excluding hydrogens is 268 g/mol. The molecule has 0 bridgehead atoms.